The summed E-state index contributed by atoms with van der Waals surface area (Å²) in [6.07, 6.45) is 6.91. The van der Waals surface area contributed by atoms with Gasteiger partial charge in [-0.1, -0.05) is 6.07 Å². The van der Waals surface area contributed by atoms with Gasteiger partial charge in [0.2, 0.25) is 11.9 Å². The molecule has 10 heteroatoms. The summed E-state index contributed by atoms with van der Waals surface area (Å²) in [5.41, 5.74) is 2.23. The van der Waals surface area contributed by atoms with Gasteiger partial charge in [0.25, 0.3) is 0 Å². The van der Waals surface area contributed by atoms with Gasteiger partial charge < -0.3 is 15.7 Å². The number of rotatable bonds is 5. The zero-order chi connectivity index (χ0) is 24.2. The van der Waals surface area contributed by atoms with E-state index in [4.69, 9.17) is 4.98 Å². The maximum absolute atomic E-state index is 12.8. The van der Waals surface area contributed by atoms with Crippen LogP contribution in [0.25, 0.3) is 27.6 Å². The molecular formula is C25H26BrN7O2. The molecule has 0 aliphatic heterocycles. The summed E-state index contributed by atoms with van der Waals surface area (Å²) in [6.45, 7) is 2.00. The van der Waals surface area contributed by atoms with E-state index in [1.165, 1.54) is 0 Å². The number of amides is 1. The number of hydrogen-bond donors (Lipinski definition) is 3. The third kappa shape index (κ3) is 4.25. The molecule has 2 aliphatic rings. The number of aliphatic hydroxyl groups is 1. The molecule has 35 heavy (non-hydrogen) atoms. The molecule has 1 amide bonds. The first-order chi connectivity index (χ1) is 16.9. The summed E-state index contributed by atoms with van der Waals surface area (Å²) in [6, 6.07) is 10.0. The van der Waals surface area contributed by atoms with Gasteiger partial charge in [0.1, 0.15) is 4.60 Å². The van der Waals surface area contributed by atoms with Gasteiger partial charge in [-0.3, -0.25) is 9.78 Å². The minimum Gasteiger partial charge on any atom is -0.393 e. The maximum atomic E-state index is 12.8. The number of aromatic nitrogens is 5. The van der Waals surface area contributed by atoms with Crippen molar-refractivity contribution in [2.75, 3.05) is 5.32 Å². The summed E-state index contributed by atoms with van der Waals surface area (Å²) in [7, 11) is 0. The molecule has 9 nitrogen and oxygen atoms in total. The van der Waals surface area contributed by atoms with Gasteiger partial charge >= 0.3 is 0 Å². The second-order valence-corrected chi connectivity index (χ2v) is 10.7. The van der Waals surface area contributed by atoms with Gasteiger partial charge in [-0.25, -0.2) is 9.67 Å². The molecule has 6 rings (SSSR count). The minimum absolute atomic E-state index is 0.0447. The number of carbonyl (C=O) groups excluding carboxylic acids is 1. The van der Waals surface area contributed by atoms with E-state index in [0.29, 0.717) is 29.0 Å². The van der Waals surface area contributed by atoms with E-state index >= 15 is 0 Å². The highest BCUT2D eigenvalue weighted by Crippen LogP contribution is 2.34. The lowest BCUT2D eigenvalue weighted by atomic mass is 9.75. The highest BCUT2D eigenvalue weighted by molar-refractivity contribution is 9.10. The van der Waals surface area contributed by atoms with E-state index in [2.05, 4.69) is 41.6 Å². The molecule has 0 saturated heterocycles. The number of hydrogen-bond acceptors (Lipinski definition) is 7. The zero-order valence-corrected chi connectivity index (χ0v) is 20.9. The van der Waals surface area contributed by atoms with Gasteiger partial charge in [-0.05, 0) is 79.2 Å². The highest BCUT2D eigenvalue weighted by Gasteiger charge is 2.42. The molecule has 0 radical (unpaired) electrons. The average molecular weight is 536 g/mol. The number of anilines is 1. The van der Waals surface area contributed by atoms with Crippen LogP contribution in [0.5, 0.6) is 0 Å². The lowest BCUT2D eigenvalue weighted by molar-refractivity contribution is -0.129. The summed E-state index contributed by atoms with van der Waals surface area (Å²) in [5, 5.41) is 22.6. The van der Waals surface area contributed by atoms with Crippen LogP contribution in [0.1, 0.15) is 39.0 Å². The fourth-order valence-electron chi connectivity index (χ4n) is 5.33. The number of aliphatic hydroxyl groups excluding tert-OH is 1. The lowest BCUT2D eigenvalue weighted by Gasteiger charge is -2.43. The molecule has 2 fully saturated rings. The Morgan fingerprint density at radius 1 is 1.23 bits per heavy atom. The topological polar surface area (TPSA) is 118 Å². The Kier molecular flexibility index (Phi) is 5.45. The zero-order valence-electron chi connectivity index (χ0n) is 19.3. The van der Waals surface area contributed by atoms with Crippen LogP contribution in [-0.2, 0) is 4.79 Å². The first-order valence-electron chi connectivity index (χ1n) is 11.9. The van der Waals surface area contributed by atoms with Gasteiger partial charge in [0.05, 0.1) is 22.7 Å². The molecule has 0 spiro atoms. The number of carbonyl (C=O) groups is 1. The Bertz CT molecular complexity index is 1430. The molecule has 3 aromatic heterocycles. The predicted octanol–water partition coefficient (Wildman–Crippen LogP) is 3.74. The molecule has 3 N–H and O–H groups in total. The van der Waals surface area contributed by atoms with E-state index in [1.807, 2.05) is 37.3 Å². The number of pyridine rings is 1. The molecule has 1 aromatic carbocycles. The Morgan fingerprint density at radius 2 is 2.09 bits per heavy atom. The number of nitrogens with one attached hydrogen (secondary N) is 2. The maximum Gasteiger partial charge on any atom is 0.224 e. The molecule has 4 aromatic rings. The van der Waals surface area contributed by atoms with Crippen LogP contribution >= 0.6 is 15.9 Å². The summed E-state index contributed by atoms with van der Waals surface area (Å²) in [5.74, 6) is 0.554. The first kappa shape index (κ1) is 22.4. The summed E-state index contributed by atoms with van der Waals surface area (Å²) < 4.78 is 2.48. The van der Waals surface area contributed by atoms with Crippen LogP contribution in [0.4, 0.5) is 5.95 Å². The van der Waals surface area contributed by atoms with Crippen molar-refractivity contribution in [3.8, 4) is 5.69 Å². The lowest BCUT2D eigenvalue weighted by Crippen LogP contribution is -2.58. The fraction of sp³-hybridized carbons (Fsp3) is 0.400. The van der Waals surface area contributed by atoms with Crippen LogP contribution in [-0.4, -0.2) is 53.4 Å². The van der Waals surface area contributed by atoms with Crippen molar-refractivity contribution in [1.82, 2.24) is 30.0 Å². The fourth-order valence-corrected chi connectivity index (χ4v) is 5.77. The van der Waals surface area contributed by atoms with Crippen molar-refractivity contribution < 1.29 is 9.90 Å². The Morgan fingerprint density at radius 3 is 2.91 bits per heavy atom. The van der Waals surface area contributed by atoms with Gasteiger partial charge in [0.15, 0.2) is 5.65 Å². The minimum atomic E-state index is -0.301. The van der Waals surface area contributed by atoms with Crippen molar-refractivity contribution in [2.45, 2.75) is 56.7 Å². The third-order valence-corrected chi connectivity index (χ3v) is 7.73. The number of nitrogens with zero attached hydrogens (tertiary/aromatic N) is 5. The predicted molar refractivity (Wildman–Crippen MR) is 136 cm³/mol. The SMILES string of the molecule is C[C@]1(NC(=O)[C@@H]2CC[C@@H](Nc3ncc4c(Br)nn(-c5ccc6ncccc6c5)c4n3)C2)C[C@H](O)C1. The molecule has 2 atom stereocenters. The molecule has 3 heterocycles. The smallest absolute Gasteiger partial charge is 0.224 e. The highest BCUT2D eigenvalue weighted by atomic mass is 79.9. The van der Waals surface area contributed by atoms with E-state index in [0.717, 1.165) is 41.2 Å². The summed E-state index contributed by atoms with van der Waals surface area (Å²) >= 11 is 3.53. The molecule has 2 saturated carbocycles. The van der Waals surface area contributed by atoms with Crippen molar-refractivity contribution in [3.63, 3.8) is 0 Å². The molecule has 0 bridgehead atoms. The van der Waals surface area contributed by atoms with Crippen molar-refractivity contribution in [3.05, 3.63) is 47.3 Å². The van der Waals surface area contributed by atoms with Crippen LogP contribution in [0, 0.1) is 5.92 Å². The number of halogens is 1. The van der Waals surface area contributed by atoms with Gasteiger partial charge in [-0.2, -0.15) is 10.1 Å². The quantitative estimate of drug-likeness (QED) is 0.356. The van der Waals surface area contributed by atoms with Crippen LogP contribution in [0.2, 0.25) is 0 Å². The molecule has 0 unspecified atom stereocenters. The van der Waals surface area contributed by atoms with Crippen molar-refractivity contribution in [1.29, 1.82) is 0 Å². The normalized spacial score (nSPS) is 26.1. The van der Waals surface area contributed by atoms with Gasteiger partial charge in [-0.15, -0.1) is 0 Å². The molecule has 180 valence electrons. The Labute approximate surface area is 210 Å². The standard InChI is InChI=1S/C25H26BrN7O2/c1-25(11-18(34)12-25)31-23(35)15-4-5-16(9-15)29-24-28-13-19-21(26)32-33(22(19)30-24)17-6-7-20-14(10-17)3-2-8-27-20/h2-3,6-8,10,13,15-16,18,34H,4-5,9,11-12H2,1H3,(H,31,35)(H,28,29,30)/t15-,16-,18-,25-/m1/s1. The van der Waals surface area contributed by atoms with Crippen LogP contribution in [0.15, 0.2) is 47.3 Å². The van der Waals surface area contributed by atoms with Gasteiger partial charge in [0, 0.05) is 35.3 Å². The molecule has 2 aliphatic carbocycles. The van der Waals surface area contributed by atoms with Crippen LogP contribution in [0.3, 0.4) is 0 Å². The van der Waals surface area contributed by atoms with E-state index in [1.54, 1.807) is 17.1 Å². The second-order valence-electron chi connectivity index (χ2n) is 9.98. The van der Waals surface area contributed by atoms with Crippen molar-refractivity contribution >= 4 is 49.7 Å². The second kappa shape index (κ2) is 8.53. The number of benzene rings is 1. The monoisotopic (exact) mass is 535 g/mol. The first-order valence-corrected chi connectivity index (χ1v) is 12.7. The summed E-state index contributed by atoms with van der Waals surface area (Å²) in [4.78, 5) is 26.4. The third-order valence-electron chi connectivity index (χ3n) is 7.14. The van der Waals surface area contributed by atoms with Crippen LogP contribution < -0.4 is 10.6 Å². The largest absolute Gasteiger partial charge is 0.393 e. The van der Waals surface area contributed by atoms with E-state index in [9.17, 15) is 9.90 Å². The van der Waals surface area contributed by atoms with Crippen molar-refractivity contribution in [2.24, 2.45) is 5.92 Å². The Balaban J connectivity index is 1.20. The Hall–Kier alpha value is -3.11. The average Bonchev–Trinajstić information content (AvgIpc) is 3.42. The number of fused-ring (bicyclic) bond motifs is 2. The molecular weight excluding hydrogens is 510 g/mol. The van der Waals surface area contributed by atoms with E-state index < -0.39 is 0 Å². The van der Waals surface area contributed by atoms with E-state index in [-0.39, 0.29) is 29.5 Å².